The van der Waals surface area contributed by atoms with Crippen LogP contribution in [0.15, 0.2) is 59.1 Å². The Morgan fingerprint density at radius 3 is 2.48 bits per heavy atom. The van der Waals surface area contributed by atoms with Gasteiger partial charge in [-0.3, -0.25) is 4.79 Å². The minimum absolute atomic E-state index is 0.0161. The highest BCUT2D eigenvalue weighted by Crippen LogP contribution is 2.19. The molecule has 33 heavy (non-hydrogen) atoms. The lowest BCUT2D eigenvalue weighted by Crippen LogP contribution is -2.49. The monoisotopic (exact) mass is 446 g/mol. The summed E-state index contributed by atoms with van der Waals surface area (Å²) < 4.78 is 12.3. The predicted molar refractivity (Wildman–Crippen MR) is 117 cm³/mol. The summed E-state index contributed by atoms with van der Waals surface area (Å²) in [6, 6.07) is 16.8. The van der Waals surface area contributed by atoms with E-state index in [2.05, 4.69) is 30.6 Å². The van der Waals surface area contributed by atoms with Crippen LogP contribution in [0.5, 0.6) is 5.75 Å². The van der Waals surface area contributed by atoms with E-state index in [-0.39, 0.29) is 12.5 Å². The number of carbonyl (C=O) groups is 1. The minimum atomic E-state index is -0.0161. The smallest absolute Gasteiger partial charge is 0.253 e. The second kappa shape index (κ2) is 9.07. The Bertz CT molecular complexity index is 1210. The van der Waals surface area contributed by atoms with E-state index in [0.717, 1.165) is 5.69 Å². The van der Waals surface area contributed by atoms with Crippen molar-refractivity contribution in [2.45, 2.75) is 13.5 Å². The van der Waals surface area contributed by atoms with Crippen LogP contribution in [0, 0.1) is 6.92 Å². The normalized spacial score (nSPS) is 13.8. The van der Waals surface area contributed by atoms with Gasteiger partial charge in [-0.1, -0.05) is 28.5 Å². The first-order chi connectivity index (χ1) is 16.2. The summed E-state index contributed by atoms with van der Waals surface area (Å²) in [4.78, 5) is 21.0. The van der Waals surface area contributed by atoms with Crippen LogP contribution in [-0.2, 0) is 6.61 Å². The standard InChI is InChI=1S/C22H22N8O3/c1-16-23-20(25-33-16)15-32-19-9-7-17(8-10-19)21(31)28-11-13-29(14-12-28)22-24-26-27-30(22)18-5-3-2-4-6-18/h2-10H,11-15H2,1H3. The van der Waals surface area contributed by atoms with Gasteiger partial charge in [-0.05, 0) is 46.8 Å². The van der Waals surface area contributed by atoms with Gasteiger partial charge in [-0.25, -0.2) is 0 Å². The number of carbonyl (C=O) groups excluding carboxylic acids is 1. The maximum atomic E-state index is 13.0. The van der Waals surface area contributed by atoms with Gasteiger partial charge in [0.1, 0.15) is 5.75 Å². The Morgan fingerprint density at radius 2 is 1.79 bits per heavy atom. The molecule has 0 bridgehead atoms. The number of para-hydroxylation sites is 1. The molecule has 11 nitrogen and oxygen atoms in total. The van der Waals surface area contributed by atoms with Crippen molar-refractivity contribution in [3.63, 3.8) is 0 Å². The van der Waals surface area contributed by atoms with Crippen LogP contribution in [0.2, 0.25) is 0 Å². The maximum Gasteiger partial charge on any atom is 0.253 e. The number of aromatic nitrogens is 6. The van der Waals surface area contributed by atoms with Gasteiger partial charge >= 0.3 is 0 Å². The highest BCUT2D eigenvalue weighted by Gasteiger charge is 2.25. The molecule has 4 aromatic rings. The van der Waals surface area contributed by atoms with Crippen molar-refractivity contribution >= 4 is 11.9 Å². The Morgan fingerprint density at radius 1 is 1.03 bits per heavy atom. The van der Waals surface area contributed by atoms with Crippen molar-refractivity contribution in [3.05, 3.63) is 71.9 Å². The molecule has 0 unspecified atom stereocenters. The molecule has 1 aliphatic heterocycles. The topological polar surface area (TPSA) is 115 Å². The molecule has 0 atom stereocenters. The zero-order chi connectivity index (χ0) is 22.6. The van der Waals surface area contributed by atoms with Crippen LogP contribution < -0.4 is 9.64 Å². The quantitative estimate of drug-likeness (QED) is 0.438. The molecule has 0 saturated carbocycles. The average molecular weight is 446 g/mol. The number of tetrazole rings is 1. The van der Waals surface area contributed by atoms with E-state index in [1.165, 1.54) is 0 Å². The number of hydrogen-bond acceptors (Lipinski definition) is 9. The molecule has 0 N–H and O–H groups in total. The van der Waals surface area contributed by atoms with E-state index in [0.29, 0.717) is 55.2 Å². The summed E-state index contributed by atoms with van der Waals surface area (Å²) in [6.07, 6.45) is 0. The molecule has 0 radical (unpaired) electrons. The molecular weight excluding hydrogens is 424 g/mol. The van der Waals surface area contributed by atoms with Crippen molar-refractivity contribution in [2.75, 3.05) is 31.1 Å². The summed E-state index contributed by atoms with van der Waals surface area (Å²) in [5.41, 5.74) is 1.51. The number of ether oxygens (including phenoxy) is 1. The zero-order valence-corrected chi connectivity index (χ0v) is 18.0. The molecule has 1 aliphatic rings. The number of aryl methyl sites for hydroxylation is 1. The molecule has 1 fully saturated rings. The van der Waals surface area contributed by atoms with Gasteiger partial charge < -0.3 is 19.1 Å². The highest BCUT2D eigenvalue weighted by molar-refractivity contribution is 5.94. The number of hydrogen-bond donors (Lipinski definition) is 0. The number of nitrogens with zero attached hydrogens (tertiary/aromatic N) is 8. The number of benzene rings is 2. The van der Waals surface area contributed by atoms with Crippen LogP contribution in [0.4, 0.5) is 5.95 Å². The van der Waals surface area contributed by atoms with Crippen molar-refractivity contribution < 1.29 is 14.1 Å². The van der Waals surface area contributed by atoms with E-state index in [4.69, 9.17) is 9.26 Å². The van der Waals surface area contributed by atoms with Crippen LogP contribution in [0.1, 0.15) is 22.1 Å². The van der Waals surface area contributed by atoms with Crippen molar-refractivity contribution in [1.29, 1.82) is 0 Å². The van der Waals surface area contributed by atoms with Crippen LogP contribution in [-0.4, -0.2) is 67.3 Å². The number of anilines is 1. The fraction of sp³-hybridized carbons (Fsp3) is 0.273. The zero-order valence-electron chi connectivity index (χ0n) is 18.0. The predicted octanol–water partition coefficient (Wildman–Crippen LogP) is 1.90. The lowest BCUT2D eigenvalue weighted by molar-refractivity contribution is 0.0746. The van der Waals surface area contributed by atoms with E-state index in [1.54, 1.807) is 35.9 Å². The Kier molecular flexibility index (Phi) is 5.66. The Hall–Kier alpha value is -4.28. The lowest BCUT2D eigenvalue weighted by atomic mass is 10.1. The Balaban J connectivity index is 1.18. The number of rotatable bonds is 6. The van der Waals surface area contributed by atoms with Gasteiger partial charge in [0.05, 0.1) is 5.69 Å². The summed E-state index contributed by atoms with van der Waals surface area (Å²) in [7, 11) is 0. The van der Waals surface area contributed by atoms with Gasteiger partial charge in [-0.15, -0.1) is 0 Å². The van der Waals surface area contributed by atoms with Gasteiger partial charge in [0.2, 0.25) is 17.7 Å². The van der Waals surface area contributed by atoms with Crippen LogP contribution >= 0.6 is 0 Å². The molecule has 11 heteroatoms. The number of amides is 1. The molecule has 168 valence electrons. The average Bonchev–Trinajstić information content (AvgIpc) is 3.52. The third-order valence-electron chi connectivity index (χ3n) is 5.34. The molecule has 0 aliphatic carbocycles. The summed E-state index contributed by atoms with van der Waals surface area (Å²) in [5.74, 6) is 2.26. The highest BCUT2D eigenvalue weighted by atomic mass is 16.5. The molecule has 3 heterocycles. The third kappa shape index (κ3) is 4.52. The van der Waals surface area contributed by atoms with E-state index in [1.807, 2.05) is 35.2 Å². The molecule has 5 rings (SSSR count). The molecular formula is C22H22N8O3. The first kappa shape index (κ1) is 20.6. The maximum absolute atomic E-state index is 13.0. The lowest BCUT2D eigenvalue weighted by Gasteiger charge is -2.34. The van der Waals surface area contributed by atoms with Crippen molar-refractivity contribution in [2.24, 2.45) is 0 Å². The van der Waals surface area contributed by atoms with Crippen molar-refractivity contribution in [3.8, 4) is 11.4 Å². The largest absolute Gasteiger partial charge is 0.485 e. The van der Waals surface area contributed by atoms with Crippen molar-refractivity contribution in [1.82, 2.24) is 35.2 Å². The summed E-state index contributed by atoms with van der Waals surface area (Å²) in [6.45, 7) is 4.37. The van der Waals surface area contributed by atoms with Gasteiger partial charge in [0.25, 0.3) is 5.91 Å². The molecule has 0 spiro atoms. The Labute approximate surface area is 189 Å². The number of piperazine rings is 1. The fourth-order valence-electron chi connectivity index (χ4n) is 3.65. The molecule has 1 saturated heterocycles. The molecule has 2 aromatic carbocycles. The fourth-order valence-corrected chi connectivity index (χ4v) is 3.65. The van der Waals surface area contributed by atoms with Gasteiger partial charge in [-0.2, -0.15) is 9.67 Å². The van der Waals surface area contributed by atoms with E-state index in [9.17, 15) is 4.79 Å². The van der Waals surface area contributed by atoms with Crippen LogP contribution in [0.3, 0.4) is 0 Å². The second-order valence-electron chi connectivity index (χ2n) is 7.55. The first-order valence-electron chi connectivity index (χ1n) is 10.6. The summed E-state index contributed by atoms with van der Waals surface area (Å²) >= 11 is 0. The first-order valence-corrected chi connectivity index (χ1v) is 10.6. The van der Waals surface area contributed by atoms with E-state index < -0.39 is 0 Å². The minimum Gasteiger partial charge on any atom is -0.485 e. The van der Waals surface area contributed by atoms with Gasteiger partial charge in [0.15, 0.2) is 6.61 Å². The summed E-state index contributed by atoms with van der Waals surface area (Å²) in [5, 5.41) is 15.9. The second-order valence-corrected chi connectivity index (χ2v) is 7.55. The SMILES string of the molecule is Cc1nc(COc2ccc(C(=O)N3CCN(c4nnnn4-c4ccccc4)CC3)cc2)no1. The van der Waals surface area contributed by atoms with Crippen LogP contribution in [0.25, 0.3) is 5.69 Å². The molecule has 2 aromatic heterocycles. The van der Waals surface area contributed by atoms with E-state index >= 15 is 0 Å². The molecule has 1 amide bonds. The third-order valence-corrected chi connectivity index (χ3v) is 5.34. The van der Waals surface area contributed by atoms with Gasteiger partial charge in [0, 0.05) is 38.7 Å².